The lowest BCUT2D eigenvalue weighted by Gasteiger charge is -2.29. The minimum atomic E-state index is -0.548. The van der Waals surface area contributed by atoms with Gasteiger partial charge in [0.15, 0.2) is 5.78 Å². The lowest BCUT2D eigenvalue weighted by molar-refractivity contribution is 0.0858. The molecule has 0 N–H and O–H groups in total. The number of Topliss-reactive ketones (excluding diaryl/α,β-unsaturated/α-hetero) is 1. The summed E-state index contributed by atoms with van der Waals surface area (Å²) in [6.45, 7) is 13.7. The summed E-state index contributed by atoms with van der Waals surface area (Å²) in [6.07, 6.45) is 0.649. The van der Waals surface area contributed by atoms with Crippen molar-refractivity contribution in [3.05, 3.63) is 60.2 Å². The van der Waals surface area contributed by atoms with Crippen LogP contribution in [0.5, 0.6) is 0 Å². The van der Waals surface area contributed by atoms with Crippen LogP contribution in [0.1, 0.15) is 37.6 Å². The third kappa shape index (κ3) is 2.94. The zero-order valence-corrected chi connectivity index (χ0v) is 10.9. The van der Waals surface area contributed by atoms with Gasteiger partial charge in [-0.15, -0.1) is 6.58 Å². The summed E-state index contributed by atoms with van der Waals surface area (Å²) < 4.78 is 0. The lowest BCUT2D eigenvalue weighted by atomic mass is 9.73. The maximum atomic E-state index is 12.5. The van der Waals surface area contributed by atoms with Crippen molar-refractivity contribution in [2.45, 2.75) is 27.2 Å². The summed E-state index contributed by atoms with van der Waals surface area (Å²) in [6, 6.07) is 9.37. The van der Waals surface area contributed by atoms with Crippen LogP contribution in [0.4, 0.5) is 0 Å². The van der Waals surface area contributed by atoms with Crippen LogP contribution in [0.2, 0.25) is 0 Å². The molecular weight excluding hydrogens is 208 g/mol. The molecule has 17 heavy (non-hydrogen) atoms. The minimum Gasteiger partial charge on any atom is -0.293 e. The maximum Gasteiger partial charge on any atom is 0.173 e. The number of carbonyl (C=O) groups is 1. The molecule has 1 heteroatoms. The van der Waals surface area contributed by atoms with Crippen molar-refractivity contribution >= 4 is 5.78 Å². The van der Waals surface area contributed by atoms with Crippen molar-refractivity contribution in [1.82, 2.24) is 0 Å². The SMILES string of the molecule is C=C(C)CC(C)(C(=C)C)C(=O)c1ccccc1. The second-order valence-electron chi connectivity index (χ2n) is 4.94. The topological polar surface area (TPSA) is 17.1 Å². The van der Waals surface area contributed by atoms with Gasteiger partial charge in [-0.1, -0.05) is 48.1 Å². The molecule has 0 heterocycles. The van der Waals surface area contributed by atoms with Crippen molar-refractivity contribution in [3.63, 3.8) is 0 Å². The van der Waals surface area contributed by atoms with Gasteiger partial charge in [0.05, 0.1) is 5.41 Å². The Morgan fingerprint density at radius 2 is 1.71 bits per heavy atom. The Labute approximate surface area is 104 Å². The van der Waals surface area contributed by atoms with Crippen LogP contribution < -0.4 is 0 Å². The number of rotatable bonds is 5. The van der Waals surface area contributed by atoms with E-state index >= 15 is 0 Å². The Balaban J connectivity index is 3.12. The number of hydrogen-bond donors (Lipinski definition) is 0. The predicted molar refractivity (Wildman–Crippen MR) is 73.1 cm³/mol. The third-order valence-corrected chi connectivity index (χ3v) is 3.13. The molecule has 0 radical (unpaired) electrons. The van der Waals surface area contributed by atoms with E-state index in [1.54, 1.807) is 0 Å². The van der Waals surface area contributed by atoms with Crippen molar-refractivity contribution in [2.24, 2.45) is 5.41 Å². The average Bonchev–Trinajstić information content (AvgIpc) is 2.28. The first-order valence-electron chi connectivity index (χ1n) is 5.78. The van der Waals surface area contributed by atoms with Crippen LogP contribution in [-0.2, 0) is 0 Å². The molecule has 1 rings (SSSR count). The van der Waals surface area contributed by atoms with E-state index in [1.165, 1.54) is 0 Å². The van der Waals surface area contributed by atoms with Gasteiger partial charge in [-0.05, 0) is 27.2 Å². The molecule has 1 aromatic rings. The molecule has 1 aromatic carbocycles. The Morgan fingerprint density at radius 1 is 1.18 bits per heavy atom. The van der Waals surface area contributed by atoms with Gasteiger partial charge in [0.1, 0.15) is 0 Å². The standard InChI is InChI=1S/C16H20O/c1-12(2)11-16(5,13(3)4)15(17)14-9-7-6-8-10-14/h6-10H,1,3,11H2,2,4-5H3. The Morgan fingerprint density at radius 3 is 2.12 bits per heavy atom. The van der Waals surface area contributed by atoms with Crippen LogP contribution >= 0.6 is 0 Å². The summed E-state index contributed by atoms with van der Waals surface area (Å²) in [7, 11) is 0. The minimum absolute atomic E-state index is 0.119. The van der Waals surface area contributed by atoms with Crippen LogP contribution in [0.15, 0.2) is 54.6 Å². The monoisotopic (exact) mass is 228 g/mol. The van der Waals surface area contributed by atoms with Crippen molar-refractivity contribution in [3.8, 4) is 0 Å². The maximum absolute atomic E-state index is 12.5. The van der Waals surface area contributed by atoms with Gasteiger partial charge < -0.3 is 0 Å². The average molecular weight is 228 g/mol. The number of ketones is 1. The van der Waals surface area contributed by atoms with E-state index in [0.717, 1.165) is 16.7 Å². The highest BCUT2D eigenvalue weighted by Gasteiger charge is 2.34. The quantitative estimate of drug-likeness (QED) is 0.538. The Bertz CT molecular complexity index is 442. The van der Waals surface area contributed by atoms with E-state index < -0.39 is 5.41 Å². The molecule has 0 spiro atoms. The Hall–Kier alpha value is -1.63. The first kappa shape index (κ1) is 13.4. The van der Waals surface area contributed by atoms with E-state index in [1.807, 2.05) is 51.1 Å². The second-order valence-corrected chi connectivity index (χ2v) is 4.94. The normalized spacial score (nSPS) is 13.8. The van der Waals surface area contributed by atoms with Crippen LogP contribution in [0.25, 0.3) is 0 Å². The molecule has 1 atom stereocenters. The number of benzene rings is 1. The van der Waals surface area contributed by atoms with Gasteiger partial charge in [0.25, 0.3) is 0 Å². The highest BCUT2D eigenvalue weighted by atomic mass is 16.1. The van der Waals surface area contributed by atoms with Crippen molar-refractivity contribution < 1.29 is 4.79 Å². The fourth-order valence-corrected chi connectivity index (χ4v) is 1.94. The summed E-state index contributed by atoms with van der Waals surface area (Å²) in [5, 5.41) is 0. The van der Waals surface area contributed by atoms with Crippen molar-refractivity contribution in [2.75, 3.05) is 0 Å². The fourth-order valence-electron chi connectivity index (χ4n) is 1.94. The molecule has 0 amide bonds. The van der Waals surface area contributed by atoms with Gasteiger partial charge in [0, 0.05) is 5.56 Å². The van der Waals surface area contributed by atoms with E-state index in [9.17, 15) is 4.79 Å². The molecule has 0 fully saturated rings. The molecule has 0 bridgehead atoms. The highest BCUT2D eigenvalue weighted by molar-refractivity contribution is 6.02. The molecule has 1 unspecified atom stereocenters. The zero-order chi connectivity index (χ0) is 13.1. The molecule has 0 aliphatic carbocycles. The summed E-state index contributed by atoms with van der Waals surface area (Å²) in [5.74, 6) is 0.119. The molecule has 0 aromatic heterocycles. The molecule has 0 saturated heterocycles. The van der Waals surface area contributed by atoms with Gasteiger partial charge in [-0.2, -0.15) is 0 Å². The molecule has 1 nitrogen and oxygen atoms in total. The van der Waals surface area contributed by atoms with E-state index in [-0.39, 0.29) is 5.78 Å². The van der Waals surface area contributed by atoms with E-state index in [2.05, 4.69) is 13.2 Å². The number of carbonyl (C=O) groups excluding carboxylic acids is 1. The molecule has 0 aliphatic rings. The van der Waals surface area contributed by atoms with E-state index in [4.69, 9.17) is 0 Å². The lowest BCUT2D eigenvalue weighted by Crippen LogP contribution is -2.29. The van der Waals surface area contributed by atoms with Gasteiger partial charge in [-0.3, -0.25) is 4.79 Å². The van der Waals surface area contributed by atoms with Crippen LogP contribution in [0, 0.1) is 5.41 Å². The first-order chi connectivity index (χ1) is 7.88. The van der Waals surface area contributed by atoms with Crippen LogP contribution in [-0.4, -0.2) is 5.78 Å². The summed E-state index contributed by atoms with van der Waals surface area (Å²) in [4.78, 5) is 12.5. The van der Waals surface area contributed by atoms with Crippen LogP contribution in [0.3, 0.4) is 0 Å². The van der Waals surface area contributed by atoms with Gasteiger partial charge in [0.2, 0.25) is 0 Å². The van der Waals surface area contributed by atoms with Gasteiger partial charge in [-0.25, -0.2) is 0 Å². The molecule has 0 aliphatic heterocycles. The highest BCUT2D eigenvalue weighted by Crippen LogP contribution is 2.36. The summed E-state index contributed by atoms with van der Waals surface area (Å²) >= 11 is 0. The summed E-state index contributed by atoms with van der Waals surface area (Å²) in [5.41, 5.74) is 2.07. The molecule has 0 saturated carbocycles. The van der Waals surface area contributed by atoms with Gasteiger partial charge >= 0.3 is 0 Å². The number of allylic oxidation sites excluding steroid dienone is 2. The largest absolute Gasteiger partial charge is 0.293 e. The Kier molecular flexibility index (Phi) is 4.06. The predicted octanol–water partition coefficient (Wildman–Crippen LogP) is 4.42. The smallest absolute Gasteiger partial charge is 0.173 e. The number of hydrogen-bond acceptors (Lipinski definition) is 1. The molecule has 90 valence electrons. The first-order valence-corrected chi connectivity index (χ1v) is 5.78. The molecular formula is C16H20O. The fraction of sp³-hybridized carbons (Fsp3) is 0.312. The second kappa shape index (κ2) is 5.13. The third-order valence-electron chi connectivity index (χ3n) is 3.13. The van der Waals surface area contributed by atoms with E-state index in [0.29, 0.717) is 6.42 Å². The van der Waals surface area contributed by atoms with Crippen molar-refractivity contribution in [1.29, 1.82) is 0 Å². The zero-order valence-electron chi connectivity index (χ0n) is 10.9.